The number of piperidine rings is 1. The molecule has 1 aliphatic rings. The van der Waals surface area contributed by atoms with Crippen molar-refractivity contribution in [2.24, 2.45) is 5.92 Å². The average molecular weight is 406 g/mol. The van der Waals surface area contributed by atoms with Gasteiger partial charge < -0.3 is 10.2 Å². The topological polar surface area (TPSA) is 81.9 Å². The first-order chi connectivity index (χ1) is 14.2. The highest BCUT2D eigenvalue weighted by molar-refractivity contribution is 6.31. The zero-order valence-corrected chi connectivity index (χ0v) is 16.6. The second kappa shape index (κ2) is 8.46. The number of halogens is 1. The summed E-state index contributed by atoms with van der Waals surface area (Å²) in [6.07, 6.45) is 6.54. The Kier molecular flexibility index (Phi) is 5.59. The zero-order chi connectivity index (χ0) is 20.2. The fourth-order valence-electron chi connectivity index (χ4n) is 3.77. The highest BCUT2D eigenvalue weighted by Crippen LogP contribution is 2.33. The molecule has 6 nitrogen and oxygen atoms in total. The Morgan fingerprint density at radius 3 is 2.83 bits per heavy atom. The van der Waals surface area contributed by atoms with Gasteiger partial charge in [-0.15, -0.1) is 0 Å². The van der Waals surface area contributed by atoms with E-state index in [0.717, 1.165) is 35.0 Å². The average Bonchev–Trinajstić information content (AvgIpc) is 2.77. The number of anilines is 1. The van der Waals surface area contributed by atoms with E-state index < -0.39 is 0 Å². The van der Waals surface area contributed by atoms with Gasteiger partial charge in [-0.1, -0.05) is 17.7 Å². The first-order valence-corrected chi connectivity index (χ1v) is 9.93. The lowest BCUT2D eigenvalue weighted by Crippen LogP contribution is -2.40. The molecule has 1 N–H and O–H groups in total. The van der Waals surface area contributed by atoms with Crippen LogP contribution in [0.2, 0.25) is 5.02 Å². The number of nitriles is 1. The van der Waals surface area contributed by atoms with E-state index in [4.69, 9.17) is 11.6 Å². The van der Waals surface area contributed by atoms with Crippen LogP contribution < -0.4 is 10.2 Å². The molecule has 1 aliphatic heterocycles. The number of benzene rings is 1. The van der Waals surface area contributed by atoms with Crippen LogP contribution in [0.5, 0.6) is 0 Å². The van der Waals surface area contributed by atoms with Gasteiger partial charge in [0.25, 0.3) is 0 Å². The largest absolute Gasteiger partial charge is 0.370 e. The number of carbonyl (C=O) groups excluding carboxylic acids is 1. The summed E-state index contributed by atoms with van der Waals surface area (Å²) in [6.45, 7) is 1.88. The van der Waals surface area contributed by atoms with Crippen LogP contribution in [0, 0.1) is 17.2 Å². The van der Waals surface area contributed by atoms with Gasteiger partial charge >= 0.3 is 0 Å². The third kappa shape index (κ3) is 4.15. The molecule has 3 heterocycles. The number of nitrogens with one attached hydrogen (secondary N) is 1. The van der Waals surface area contributed by atoms with Gasteiger partial charge in [0.2, 0.25) is 5.91 Å². The number of nitrogens with zero attached hydrogens (tertiary/aromatic N) is 4. The smallest absolute Gasteiger partial charge is 0.223 e. The maximum atomic E-state index is 12.6. The maximum Gasteiger partial charge on any atom is 0.223 e. The van der Waals surface area contributed by atoms with E-state index in [0.29, 0.717) is 30.2 Å². The van der Waals surface area contributed by atoms with Crippen LogP contribution in [0.1, 0.15) is 24.0 Å². The molecule has 0 atom stereocenters. The standard InChI is InChI=1S/C22H20ClN5O/c23-18-3-4-20-19(10-18)21(17(11-24)14-26-20)28-8-5-16(6-9-28)22(29)27-13-15-2-1-7-25-12-15/h1-4,7,10,12,14,16H,5-6,8-9,13H2,(H,27,29). The fraction of sp³-hybridized carbons (Fsp3) is 0.273. The summed E-state index contributed by atoms with van der Waals surface area (Å²) < 4.78 is 0. The van der Waals surface area contributed by atoms with E-state index >= 15 is 0 Å². The molecule has 0 radical (unpaired) electrons. The lowest BCUT2D eigenvalue weighted by molar-refractivity contribution is -0.125. The van der Waals surface area contributed by atoms with Crippen LogP contribution in [-0.4, -0.2) is 29.0 Å². The van der Waals surface area contributed by atoms with Gasteiger partial charge in [-0.3, -0.25) is 14.8 Å². The summed E-state index contributed by atoms with van der Waals surface area (Å²) in [5.74, 6) is 0.0294. The van der Waals surface area contributed by atoms with E-state index in [2.05, 4.69) is 26.3 Å². The molecule has 1 saturated heterocycles. The molecular formula is C22H20ClN5O. The van der Waals surface area contributed by atoms with E-state index in [-0.39, 0.29) is 11.8 Å². The van der Waals surface area contributed by atoms with Gasteiger partial charge in [0, 0.05) is 54.6 Å². The summed E-state index contributed by atoms with van der Waals surface area (Å²) in [7, 11) is 0. The number of aromatic nitrogens is 2. The molecule has 29 heavy (non-hydrogen) atoms. The third-order valence-corrected chi connectivity index (χ3v) is 5.53. The molecule has 0 bridgehead atoms. The Balaban J connectivity index is 1.46. The number of carbonyl (C=O) groups is 1. The van der Waals surface area contributed by atoms with Gasteiger partial charge in [0.05, 0.1) is 16.8 Å². The number of pyridine rings is 2. The Bertz CT molecular complexity index is 1070. The second-order valence-electron chi connectivity index (χ2n) is 7.13. The van der Waals surface area contributed by atoms with Crippen LogP contribution in [0.3, 0.4) is 0 Å². The summed E-state index contributed by atoms with van der Waals surface area (Å²) in [6, 6.07) is 11.6. The van der Waals surface area contributed by atoms with Crippen molar-refractivity contribution < 1.29 is 4.79 Å². The van der Waals surface area contributed by atoms with Crippen molar-refractivity contribution in [1.29, 1.82) is 5.26 Å². The lowest BCUT2D eigenvalue weighted by Gasteiger charge is -2.34. The molecule has 0 unspecified atom stereocenters. The monoisotopic (exact) mass is 405 g/mol. The number of hydrogen-bond acceptors (Lipinski definition) is 5. The van der Waals surface area contributed by atoms with Gasteiger partial charge in [0.15, 0.2) is 0 Å². The number of fused-ring (bicyclic) bond motifs is 1. The fourth-order valence-corrected chi connectivity index (χ4v) is 3.95. The van der Waals surface area contributed by atoms with Crippen LogP contribution in [-0.2, 0) is 11.3 Å². The summed E-state index contributed by atoms with van der Waals surface area (Å²) >= 11 is 6.19. The maximum absolute atomic E-state index is 12.6. The number of rotatable bonds is 4. The Labute approximate surface area is 174 Å². The molecule has 1 aromatic carbocycles. The molecule has 1 fully saturated rings. The molecule has 1 amide bonds. The predicted molar refractivity (Wildman–Crippen MR) is 112 cm³/mol. The molecule has 0 saturated carbocycles. The lowest BCUT2D eigenvalue weighted by atomic mass is 9.94. The quantitative estimate of drug-likeness (QED) is 0.715. The second-order valence-corrected chi connectivity index (χ2v) is 7.57. The minimum atomic E-state index is -0.0369. The highest BCUT2D eigenvalue weighted by atomic mass is 35.5. The van der Waals surface area contributed by atoms with Crippen LogP contribution in [0.25, 0.3) is 10.9 Å². The molecule has 146 valence electrons. The SMILES string of the molecule is N#Cc1cnc2ccc(Cl)cc2c1N1CCC(C(=O)NCc2cccnc2)CC1. The van der Waals surface area contributed by atoms with Crippen LogP contribution in [0.15, 0.2) is 48.9 Å². The van der Waals surface area contributed by atoms with Crippen molar-refractivity contribution in [3.05, 3.63) is 65.1 Å². The van der Waals surface area contributed by atoms with Crippen molar-refractivity contribution in [2.45, 2.75) is 19.4 Å². The zero-order valence-electron chi connectivity index (χ0n) is 15.8. The molecular weight excluding hydrogens is 386 g/mol. The van der Waals surface area contributed by atoms with Crippen molar-refractivity contribution in [3.8, 4) is 6.07 Å². The summed E-state index contributed by atoms with van der Waals surface area (Å²) in [5.41, 5.74) is 3.17. The summed E-state index contributed by atoms with van der Waals surface area (Å²) in [5, 5.41) is 14.1. The molecule has 7 heteroatoms. The minimum absolute atomic E-state index is 0.0369. The van der Waals surface area contributed by atoms with E-state index in [1.54, 1.807) is 24.7 Å². The first-order valence-electron chi connectivity index (χ1n) is 9.55. The van der Waals surface area contributed by atoms with Gasteiger partial charge in [-0.05, 0) is 42.7 Å². The van der Waals surface area contributed by atoms with Gasteiger partial charge in [-0.25, -0.2) is 0 Å². The molecule has 2 aromatic heterocycles. The Morgan fingerprint density at radius 2 is 2.10 bits per heavy atom. The van der Waals surface area contributed by atoms with Gasteiger partial charge in [-0.2, -0.15) is 5.26 Å². The van der Waals surface area contributed by atoms with E-state index in [9.17, 15) is 10.1 Å². The van der Waals surface area contributed by atoms with Crippen LogP contribution in [0.4, 0.5) is 5.69 Å². The molecule has 3 aromatic rings. The Morgan fingerprint density at radius 1 is 1.28 bits per heavy atom. The summed E-state index contributed by atoms with van der Waals surface area (Å²) in [4.78, 5) is 23.2. The normalized spacial score (nSPS) is 14.6. The molecule has 0 spiro atoms. The predicted octanol–water partition coefficient (Wildman–Crippen LogP) is 3.69. The number of hydrogen-bond donors (Lipinski definition) is 1. The van der Waals surface area contributed by atoms with Gasteiger partial charge in [0.1, 0.15) is 6.07 Å². The number of amides is 1. The van der Waals surface area contributed by atoms with Crippen molar-refractivity contribution in [1.82, 2.24) is 15.3 Å². The van der Waals surface area contributed by atoms with E-state index in [1.165, 1.54) is 0 Å². The first kappa shape index (κ1) is 19.2. The molecule has 4 rings (SSSR count). The van der Waals surface area contributed by atoms with Crippen molar-refractivity contribution in [3.63, 3.8) is 0 Å². The van der Waals surface area contributed by atoms with Crippen LogP contribution >= 0.6 is 11.6 Å². The van der Waals surface area contributed by atoms with Crippen molar-refractivity contribution in [2.75, 3.05) is 18.0 Å². The Hall–Kier alpha value is -3.17. The highest BCUT2D eigenvalue weighted by Gasteiger charge is 2.27. The van der Waals surface area contributed by atoms with E-state index in [1.807, 2.05) is 24.3 Å². The third-order valence-electron chi connectivity index (χ3n) is 5.29. The van der Waals surface area contributed by atoms with Crippen molar-refractivity contribution >= 4 is 34.1 Å². The molecule has 0 aliphatic carbocycles. The minimum Gasteiger partial charge on any atom is -0.370 e.